The van der Waals surface area contributed by atoms with Crippen LogP contribution in [-0.2, 0) is 4.79 Å². The number of hydrogen-bond acceptors (Lipinski definition) is 5. The van der Waals surface area contributed by atoms with Gasteiger partial charge in [-0.1, -0.05) is 35.9 Å². The first-order chi connectivity index (χ1) is 16.0. The minimum atomic E-state index is -0.870. The fourth-order valence-corrected chi connectivity index (χ4v) is 4.29. The molecule has 1 fully saturated rings. The second-order valence-electron chi connectivity index (χ2n) is 8.20. The number of anilines is 1. The van der Waals surface area contributed by atoms with Crippen molar-refractivity contribution in [2.75, 3.05) is 18.0 Å². The van der Waals surface area contributed by atoms with E-state index in [1.54, 1.807) is 37.3 Å². The molecule has 33 heavy (non-hydrogen) atoms. The number of aromatic amines is 1. The Kier molecular flexibility index (Phi) is 5.64. The molecule has 1 aliphatic rings. The predicted octanol–water partition coefficient (Wildman–Crippen LogP) is 5.86. The lowest BCUT2D eigenvalue weighted by Crippen LogP contribution is -2.17. The third-order valence-electron chi connectivity index (χ3n) is 5.98. The van der Waals surface area contributed by atoms with Crippen molar-refractivity contribution in [2.45, 2.75) is 25.7 Å². The van der Waals surface area contributed by atoms with Gasteiger partial charge in [0, 0.05) is 24.3 Å². The second-order valence-corrected chi connectivity index (χ2v) is 8.61. The van der Waals surface area contributed by atoms with Crippen LogP contribution in [0, 0.1) is 0 Å². The number of ether oxygens (including phenoxy) is 1. The van der Waals surface area contributed by atoms with Gasteiger partial charge in [-0.2, -0.15) is 4.98 Å². The van der Waals surface area contributed by atoms with E-state index in [4.69, 9.17) is 21.4 Å². The van der Waals surface area contributed by atoms with Crippen molar-refractivity contribution in [1.82, 2.24) is 15.0 Å². The van der Waals surface area contributed by atoms with Crippen molar-refractivity contribution < 1.29 is 14.6 Å². The summed E-state index contributed by atoms with van der Waals surface area (Å²) < 4.78 is 5.81. The summed E-state index contributed by atoms with van der Waals surface area (Å²) in [5.74, 6) is -0.913. The molecule has 0 saturated carbocycles. The zero-order valence-electron chi connectivity index (χ0n) is 18.1. The molecule has 0 amide bonds. The van der Waals surface area contributed by atoms with E-state index in [1.165, 1.54) is 18.5 Å². The second kappa shape index (κ2) is 8.75. The summed E-state index contributed by atoms with van der Waals surface area (Å²) in [6.07, 6.45) is 2.47. The molecule has 2 aromatic carbocycles. The van der Waals surface area contributed by atoms with Crippen LogP contribution in [0.5, 0.6) is 11.8 Å². The van der Waals surface area contributed by atoms with E-state index in [9.17, 15) is 4.79 Å². The molecule has 1 aliphatic heterocycles. The zero-order chi connectivity index (χ0) is 22.9. The van der Waals surface area contributed by atoms with Crippen molar-refractivity contribution in [3.05, 3.63) is 65.2 Å². The quantitative estimate of drug-likeness (QED) is 0.373. The maximum atomic E-state index is 11.1. The Morgan fingerprint density at radius 3 is 2.45 bits per heavy atom. The molecule has 2 N–H and O–H groups in total. The Morgan fingerprint density at radius 1 is 1.09 bits per heavy atom. The minimum absolute atomic E-state index is 0.286. The van der Waals surface area contributed by atoms with Gasteiger partial charge in [-0.3, -0.25) is 4.79 Å². The van der Waals surface area contributed by atoms with Crippen LogP contribution in [0.4, 0.5) is 5.69 Å². The van der Waals surface area contributed by atoms with Crippen molar-refractivity contribution in [3.8, 4) is 23.0 Å². The standard InChI is InChI=1S/C25H23ClN4O3/c1-15(24(31)32)16-6-10-19(11-7-16)33-25-27-21-14-20(26)22(28-23(21)29-25)17-4-8-18(9-5-17)30-12-2-3-13-30/h4-11,14-15H,2-3,12-13H2,1H3,(H,31,32)(H,27,28,29). The average Bonchev–Trinajstić information content (AvgIpc) is 3.48. The molecule has 3 heterocycles. The number of rotatable bonds is 6. The number of nitrogens with zero attached hydrogens (tertiary/aromatic N) is 3. The van der Waals surface area contributed by atoms with Crippen LogP contribution in [0.2, 0.25) is 5.02 Å². The Hall–Kier alpha value is -3.58. The number of nitrogens with one attached hydrogen (secondary N) is 1. The zero-order valence-corrected chi connectivity index (χ0v) is 18.8. The van der Waals surface area contributed by atoms with Gasteiger partial charge in [0.05, 0.1) is 22.2 Å². The van der Waals surface area contributed by atoms with Gasteiger partial charge >= 0.3 is 12.0 Å². The summed E-state index contributed by atoms with van der Waals surface area (Å²) in [6.45, 7) is 3.84. The van der Waals surface area contributed by atoms with Gasteiger partial charge in [0.1, 0.15) is 5.75 Å². The van der Waals surface area contributed by atoms with Crippen molar-refractivity contribution in [1.29, 1.82) is 0 Å². The van der Waals surface area contributed by atoms with Gasteiger partial charge < -0.3 is 19.7 Å². The normalized spacial score (nSPS) is 14.5. The topological polar surface area (TPSA) is 91.3 Å². The van der Waals surface area contributed by atoms with E-state index in [1.807, 2.05) is 12.1 Å². The van der Waals surface area contributed by atoms with Crippen molar-refractivity contribution in [2.24, 2.45) is 0 Å². The Labute approximate surface area is 196 Å². The van der Waals surface area contributed by atoms with E-state index in [-0.39, 0.29) is 6.01 Å². The van der Waals surface area contributed by atoms with Crippen LogP contribution in [0.1, 0.15) is 31.2 Å². The maximum Gasteiger partial charge on any atom is 0.310 e. The highest BCUT2D eigenvalue weighted by Gasteiger charge is 2.16. The minimum Gasteiger partial charge on any atom is -0.481 e. The van der Waals surface area contributed by atoms with Crippen LogP contribution < -0.4 is 9.64 Å². The summed E-state index contributed by atoms with van der Waals surface area (Å²) >= 11 is 6.54. The third-order valence-corrected chi connectivity index (χ3v) is 6.27. The first-order valence-corrected chi connectivity index (χ1v) is 11.3. The number of carboxylic acid groups (broad SMARTS) is 1. The molecule has 0 radical (unpaired) electrons. The smallest absolute Gasteiger partial charge is 0.310 e. The molecule has 2 aromatic heterocycles. The van der Waals surface area contributed by atoms with E-state index in [0.717, 1.165) is 18.7 Å². The highest BCUT2D eigenvalue weighted by Crippen LogP contribution is 2.32. The number of carboxylic acids is 1. The highest BCUT2D eigenvalue weighted by atomic mass is 35.5. The lowest BCUT2D eigenvalue weighted by Gasteiger charge is -2.17. The van der Waals surface area contributed by atoms with Crippen LogP contribution in [0.25, 0.3) is 22.4 Å². The number of aliphatic carboxylic acids is 1. The molecule has 168 valence electrons. The number of carbonyl (C=O) groups is 1. The first kappa shape index (κ1) is 21.3. The third kappa shape index (κ3) is 4.36. The number of fused-ring (bicyclic) bond motifs is 1. The number of aromatic nitrogens is 3. The SMILES string of the molecule is CC(C(=O)O)c1ccc(Oc2nc3nc(-c4ccc(N5CCCC5)cc4)c(Cl)cc3[nH]2)cc1. The largest absolute Gasteiger partial charge is 0.481 e. The molecule has 0 spiro atoms. The summed E-state index contributed by atoms with van der Waals surface area (Å²) in [6, 6.07) is 17.3. The van der Waals surface area contributed by atoms with E-state index < -0.39 is 11.9 Å². The van der Waals surface area contributed by atoms with Crippen LogP contribution in [0.15, 0.2) is 54.6 Å². The molecular formula is C25H23ClN4O3. The van der Waals surface area contributed by atoms with Gasteiger partial charge in [-0.05, 0) is 55.7 Å². The molecule has 7 nitrogen and oxygen atoms in total. The fourth-order valence-electron chi connectivity index (χ4n) is 4.03. The van der Waals surface area contributed by atoms with Gasteiger partial charge in [0.15, 0.2) is 5.65 Å². The average molecular weight is 463 g/mol. The number of benzene rings is 2. The van der Waals surface area contributed by atoms with Crippen LogP contribution >= 0.6 is 11.6 Å². The van der Waals surface area contributed by atoms with Gasteiger partial charge in [0.2, 0.25) is 0 Å². The number of halogens is 1. The summed E-state index contributed by atoms with van der Waals surface area (Å²) in [4.78, 5) is 25.7. The Morgan fingerprint density at radius 2 is 1.79 bits per heavy atom. The predicted molar refractivity (Wildman–Crippen MR) is 128 cm³/mol. The molecule has 1 unspecified atom stereocenters. The lowest BCUT2D eigenvalue weighted by molar-refractivity contribution is -0.138. The molecule has 1 atom stereocenters. The summed E-state index contributed by atoms with van der Waals surface area (Å²) in [5, 5.41) is 9.67. The maximum absolute atomic E-state index is 11.1. The Bertz CT molecular complexity index is 1300. The number of imidazole rings is 1. The monoisotopic (exact) mass is 462 g/mol. The van der Waals surface area contributed by atoms with Gasteiger partial charge in [0.25, 0.3) is 0 Å². The van der Waals surface area contributed by atoms with Gasteiger partial charge in [-0.15, -0.1) is 0 Å². The van der Waals surface area contributed by atoms with Crippen LogP contribution in [0.3, 0.4) is 0 Å². The van der Waals surface area contributed by atoms with E-state index in [2.05, 4.69) is 32.0 Å². The number of H-pyrrole nitrogens is 1. The molecule has 8 heteroatoms. The highest BCUT2D eigenvalue weighted by molar-refractivity contribution is 6.33. The Balaban J connectivity index is 1.37. The number of hydrogen-bond donors (Lipinski definition) is 2. The molecule has 0 aliphatic carbocycles. The van der Waals surface area contributed by atoms with Gasteiger partial charge in [-0.25, -0.2) is 4.98 Å². The van der Waals surface area contributed by atoms with Crippen molar-refractivity contribution >= 4 is 34.4 Å². The summed E-state index contributed by atoms with van der Waals surface area (Å²) in [5.41, 5.74) is 4.69. The van der Waals surface area contributed by atoms with E-state index >= 15 is 0 Å². The first-order valence-electron chi connectivity index (χ1n) is 10.9. The molecule has 1 saturated heterocycles. The molecule has 4 aromatic rings. The molecular weight excluding hydrogens is 440 g/mol. The van der Waals surface area contributed by atoms with Crippen molar-refractivity contribution in [3.63, 3.8) is 0 Å². The van der Waals surface area contributed by atoms with Crippen LogP contribution in [-0.4, -0.2) is 39.1 Å². The summed E-state index contributed by atoms with van der Waals surface area (Å²) in [7, 11) is 0. The number of pyridine rings is 1. The molecule has 5 rings (SSSR count). The van der Waals surface area contributed by atoms with E-state index in [0.29, 0.717) is 33.2 Å². The lowest BCUT2D eigenvalue weighted by atomic mass is 10.0. The fraction of sp³-hybridized carbons (Fsp3) is 0.240. The molecule has 0 bridgehead atoms.